The zero-order chi connectivity index (χ0) is 10.0. The van der Waals surface area contributed by atoms with E-state index in [1.165, 1.54) is 18.4 Å². The fraction of sp³-hybridized carbons (Fsp3) is 0.545. The van der Waals surface area contributed by atoms with Crippen molar-refractivity contribution in [3.05, 3.63) is 30.6 Å². The first kappa shape index (κ1) is 9.46. The molecular weight excluding hydrogens is 174 g/mol. The van der Waals surface area contributed by atoms with Gasteiger partial charge in [0.15, 0.2) is 0 Å². The first-order chi connectivity index (χ1) is 6.72. The molecular formula is C11H17N3. The molecule has 0 unspecified atom stereocenters. The van der Waals surface area contributed by atoms with Crippen LogP contribution in [0.1, 0.15) is 24.8 Å². The summed E-state index contributed by atoms with van der Waals surface area (Å²) < 4.78 is 1.90. The summed E-state index contributed by atoms with van der Waals surface area (Å²) >= 11 is 0. The minimum absolute atomic E-state index is 0.153. The van der Waals surface area contributed by atoms with Gasteiger partial charge in [-0.25, -0.2) is 0 Å². The van der Waals surface area contributed by atoms with Crippen LogP contribution in [0.5, 0.6) is 0 Å². The average molecular weight is 191 g/mol. The van der Waals surface area contributed by atoms with Crippen molar-refractivity contribution in [3.63, 3.8) is 0 Å². The average Bonchev–Trinajstić information content (AvgIpc) is 2.74. The summed E-state index contributed by atoms with van der Waals surface area (Å²) in [5.41, 5.74) is 7.45. The third-order valence-corrected chi connectivity index (χ3v) is 2.81. The van der Waals surface area contributed by atoms with Gasteiger partial charge in [-0.2, -0.15) is 5.10 Å². The molecule has 0 aliphatic heterocycles. The van der Waals surface area contributed by atoms with Gasteiger partial charge in [-0.05, 0) is 31.2 Å². The van der Waals surface area contributed by atoms with Crippen LogP contribution in [-0.4, -0.2) is 15.3 Å². The lowest BCUT2D eigenvalue weighted by Crippen LogP contribution is -2.21. The van der Waals surface area contributed by atoms with E-state index in [2.05, 4.69) is 17.9 Å². The van der Waals surface area contributed by atoms with Gasteiger partial charge in [-0.3, -0.25) is 4.68 Å². The van der Waals surface area contributed by atoms with Crippen LogP contribution in [-0.2, 0) is 13.0 Å². The third kappa shape index (κ3) is 2.23. The lowest BCUT2D eigenvalue weighted by atomic mass is 10.1. The van der Waals surface area contributed by atoms with Crippen molar-refractivity contribution in [1.29, 1.82) is 0 Å². The summed E-state index contributed by atoms with van der Waals surface area (Å²) in [5.74, 6) is 0. The maximum absolute atomic E-state index is 6.02. The van der Waals surface area contributed by atoms with Crippen molar-refractivity contribution < 1.29 is 0 Å². The molecule has 76 valence electrons. The number of nitrogens with two attached hydrogens (primary N) is 1. The Hall–Kier alpha value is -1.09. The Morgan fingerprint density at radius 2 is 2.43 bits per heavy atom. The first-order valence-electron chi connectivity index (χ1n) is 5.13. The number of nitrogens with zero attached hydrogens (tertiary/aromatic N) is 2. The lowest BCUT2D eigenvalue weighted by molar-refractivity contribution is 0.608. The SMILES string of the molecule is C=CCn1cc(CCC2(N)CC2)cn1. The monoisotopic (exact) mass is 191 g/mol. The minimum Gasteiger partial charge on any atom is -0.325 e. The second-order valence-corrected chi connectivity index (χ2v) is 4.22. The van der Waals surface area contributed by atoms with Crippen molar-refractivity contribution in [1.82, 2.24) is 9.78 Å². The van der Waals surface area contributed by atoms with Crippen LogP contribution >= 0.6 is 0 Å². The lowest BCUT2D eigenvalue weighted by Gasteiger charge is -2.05. The molecule has 2 rings (SSSR count). The van der Waals surface area contributed by atoms with Gasteiger partial charge < -0.3 is 5.73 Å². The molecule has 3 nitrogen and oxygen atoms in total. The fourth-order valence-corrected chi connectivity index (χ4v) is 1.57. The summed E-state index contributed by atoms with van der Waals surface area (Å²) in [6.07, 6.45) is 10.4. The molecule has 2 N–H and O–H groups in total. The highest BCUT2D eigenvalue weighted by Gasteiger charge is 2.37. The number of aromatic nitrogens is 2. The van der Waals surface area contributed by atoms with Gasteiger partial charge in [0.1, 0.15) is 0 Å². The predicted molar refractivity (Wildman–Crippen MR) is 56.9 cm³/mol. The number of hydrogen-bond acceptors (Lipinski definition) is 2. The normalized spacial score (nSPS) is 18.1. The van der Waals surface area contributed by atoms with E-state index in [0.717, 1.165) is 19.4 Å². The highest BCUT2D eigenvalue weighted by atomic mass is 15.3. The molecule has 0 spiro atoms. The number of aryl methyl sites for hydroxylation is 1. The van der Waals surface area contributed by atoms with E-state index in [0.29, 0.717) is 0 Å². The van der Waals surface area contributed by atoms with Gasteiger partial charge in [0.05, 0.1) is 12.7 Å². The van der Waals surface area contributed by atoms with E-state index >= 15 is 0 Å². The minimum atomic E-state index is 0.153. The van der Waals surface area contributed by atoms with Crippen LogP contribution in [0.15, 0.2) is 25.0 Å². The zero-order valence-corrected chi connectivity index (χ0v) is 8.45. The van der Waals surface area contributed by atoms with Gasteiger partial charge in [-0.15, -0.1) is 6.58 Å². The Kier molecular flexibility index (Phi) is 2.42. The van der Waals surface area contributed by atoms with Gasteiger partial charge in [-0.1, -0.05) is 6.08 Å². The maximum Gasteiger partial charge on any atom is 0.0587 e. The van der Waals surface area contributed by atoms with Crippen molar-refractivity contribution in [3.8, 4) is 0 Å². The summed E-state index contributed by atoms with van der Waals surface area (Å²) in [4.78, 5) is 0. The van der Waals surface area contributed by atoms with E-state index in [1.807, 2.05) is 17.0 Å². The number of allylic oxidation sites excluding steroid dienone is 1. The Labute approximate surface area is 84.6 Å². The van der Waals surface area contributed by atoms with Crippen LogP contribution in [0.3, 0.4) is 0 Å². The zero-order valence-electron chi connectivity index (χ0n) is 8.45. The largest absolute Gasteiger partial charge is 0.325 e. The first-order valence-corrected chi connectivity index (χ1v) is 5.13. The Morgan fingerprint density at radius 1 is 1.64 bits per heavy atom. The van der Waals surface area contributed by atoms with Gasteiger partial charge in [0.2, 0.25) is 0 Å². The van der Waals surface area contributed by atoms with Crippen LogP contribution < -0.4 is 5.73 Å². The molecule has 0 amide bonds. The molecule has 1 aromatic heterocycles. The van der Waals surface area contributed by atoms with Crippen molar-refractivity contribution >= 4 is 0 Å². The predicted octanol–water partition coefficient (Wildman–Crippen LogP) is 1.49. The maximum atomic E-state index is 6.02. The molecule has 0 saturated heterocycles. The standard InChI is InChI=1S/C11H17N3/c1-2-7-14-9-10(8-13-14)3-4-11(12)5-6-11/h2,8-9H,1,3-7,12H2. The molecule has 1 heterocycles. The number of rotatable bonds is 5. The topological polar surface area (TPSA) is 43.8 Å². The van der Waals surface area contributed by atoms with Gasteiger partial charge >= 0.3 is 0 Å². The molecule has 14 heavy (non-hydrogen) atoms. The Bertz CT molecular complexity index is 323. The molecule has 3 heteroatoms. The quantitative estimate of drug-likeness (QED) is 0.717. The van der Waals surface area contributed by atoms with Gasteiger partial charge in [0.25, 0.3) is 0 Å². The smallest absolute Gasteiger partial charge is 0.0587 e. The van der Waals surface area contributed by atoms with E-state index in [9.17, 15) is 0 Å². The molecule has 1 fully saturated rings. The van der Waals surface area contributed by atoms with Crippen LogP contribution in [0.2, 0.25) is 0 Å². The highest BCUT2D eigenvalue weighted by molar-refractivity contribution is 5.08. The molecule has 1 saturated carbocycles. The third-order valence-electron chi connectivity index (χ3n) is 2.81. The second kappa shape index (κ2) is 3.58. The Balaban J connectivity index is 1.86. The molecule has 1 aliphatic rings. The summed E-state index contributed by atoms with van der Waals surface area (Å²) in [6, 6.07) is 0. The summed E-state index contributed by atoms with van der Waals surface area (Å²) in [7, 11) is 0. The summed E-state index contributed by atoms with van der Waals surface area (Å²) in [5, 5.41) is 4.23. The Morgan fingerprint density at radius 3 is 3.07 bits per heavy atom. The summed E-state index contributed by atoms with van der Waals surface area (Å²) in [6.45, 7) is 4.47. The molecule has 1 aromatic rings. The fourth-order valence-electron chi connectivity index (χ4n) is 1.57. The van der Waals surface area contributed by atoms with E-state index in [1.54, 1.807) is 0 Å². The number of hydrogen-bond donors (Lipinski definition) is 1. The van der Waals surface area contributed by atoms with Crippen LogP contribution in [0.4, 0.5) is 0 Å². The van der Waals surface area contributed by atoms with Crippen molar-refractivity contribution in [2.75, 3.05) is 0 Å². The molecule has 0 aromatic carbocycles. The van der Waals surface area contributed by atoms with Crippen LogP contribution in [0.25, 0.3) is 0 Å². The molecule has 0 radical (unpaired) electrons. The van der Waals surface area contributed by atoms with E-state index < -0.39 is 0 Å². The van der Waals surface area contributed by atoms with E-state index in [4.69, 9.17) is 5.73 Å². The van der Waals surface area contributed by atoms with E-state index in [-0.39, 0.29) is 5.54 Å². The van der Waals surface area contributed by atoms with Crippen LogP contribution in [0, 0.1) is 0 Å². The molecule has 0 atom stereocenters. The second-order valence-electron chi connectivity index (χ2n) is 4.22. The van der Waals surface area contributed by atoms with Gasteiger partial charge in [0, 0.05) is 11.7 Å². The molecule has 0 bridgehead atoms. The highest BCUT2D eigenvalue weighted by Crippen LogP contribution is 2.36. The van der Waals surface area contributed by atoms with Crippen molar-refractivity contribution in [2.45, 2.75) is 37.8 Å². The van der Waals surface area contributed by atoms with Crippen molar-refractivity contribution in [2.24, 2.45) is 5.73 Å². The molecule has 1 aliphatic carbocycles.